The van der Waals surface area contributed by atoms with Crippen LogP contribution in [0.5, 0.6) is 0 Å². The van der Waals surface area contributed by atoms with Crippen LogP contribution in [0.15, 0.2) is 29.8 Å². The summed E-state index contributed by atoms with van der Waals surface area (Å²) in [5, 5.41) is 9.96. The molecule has 1 unspecified atom stereocenters. The van der Waals surface area contributed by atoms with Gasteiger partial charge in [-0.1, -0.05) is 6.07 Å². The van der Waals surface area contributed by atoms with Crippen molar-refractivity contribution in [1.29, 1.82) is 0 Å². The molecular formula is C12H17N3S. The van der Waals surface area contributed by atoms with Gasteiger partial charge in [-0.15, -0.1) is 11.3 Å². The van der Waals surface area contributed by atoms with Gasteiger partial charge in [-0.05, 0) is 31.4 Å². The number of nitrogens with one attached hydrogen (secondary N) is 1. The van der Waals surface area contributed by atoms with Crippen molar-refractivity contribution in [1.82, 2.24) is 15.1 Å². The SMILES string of the molecule is Cc1ccn(CCNC(C)c2cccs2)n1. The van der Waals surface area contributed by atoms with Crippen LogP contribution >= 0.6 is 11.3 Å². The van der Waals surface area contributed by atoms with Crippen LogP contribution in [0, 0.1) is 6.92 Å². The lowest BCUT2D eigenvalue weighted by Crippen LogP contribution is -2.23. The van der Waals surface area contributed by atoms with E-state index in [0.717, 1.165) is 18.8 Å². The van der Waals surface area contributed by atoms with Gasteiger partial charge in [0.1, 0.15) is 0 Å². The Morgan fingerprint density at radius 1 is 1.50 bits per heavy atom. The van der Waals surface area contributed by atoms with Gasteiger partial charge in [-0.2, -0.15) is 5.10 Å². The fourth-order valence-electron chi connectivity index (χ4n) is 1.62. The van der Waals surface area contributed by atoms with Crippen molar-refractivity contribution in [3.8, 4) is 0 Å². The lowest BCUT2D eigenvalue weighted by atomic mass is 10.3. The van der Waals surface area contributed by atoms with Crippen LogP contribution in [0.25, 0.3) is 0 Å². The topological polar surface area (TPSA) is 29.9 Å². The third kappa shape index (κ3) is 2.93. The Hall–Kier alpha value is -1.13. The number of rotatable bonds is 5. The summed E-state index contributed by atoms with van der Waals surface area (Å²) in [5.74, 6) is 0. The Morgan fingerprint density at radius 3 is 3.00 bits per heavy atom. The molecule has 0 aromatic carbocycles. The fourth-order valence-corrected chi connectivity index (χ4v) is 2.38. The highest BCUT2D eigenvalue weighted by Gasteiger charge is 2.04. The molecule has 0 saturated carbocycles. The molecule has 0 saturated heterocycles. The minimum atomic E-state index is 0.427. The number of nitrogens with zero attached hydrogens (tertiary/aromatic N) is 2. The van der Waals surface area contributed by atoms with Crippen LogP contribution in [0.4, 0.5) is 0 Å². The second-order valence-electron chi connectivity index (χ2n) is 3.91. The molecule has 0 bridgehead atoms. The Balaban J connectivity index is 1.76. The van der Waals surface area contributed by atoms with Gasteiger partial charge in [0.05, 0.1) is 12.2 Å². The van der Waals surface area contributed by atoms with Crippen molar-refractivity contribution >= 4 is 11.3 Å². The molecule has 0 amide bonds. The third-order valence-corrected chi connectivity index (χ3v) is 3.59. The Kier molecular flexibility index (Phi) is 3.74. The monoisotopic (exact) mass is 235 g/mol. The quantitative estimate of drug-likeness (QED) is 0.863. The largest absolute Gasteiger partial charge is 0.308 e. The number of aryl methyl sites for hydroxylation is 1. The summed E-state index contributed by atoms with van der Waals surface area (Å²) in [4.78, 5) is 1.39. The molecule has 4 heteroatoms. The summed E-state index contributed by atoms with van der Waals surface area (Å²) in [6, 6.07) is 6.72. The van der Waals surface area contributed by atoms with E-state index < -0.39 is 0 Å². The zero-order chi connectivity index (χ0) is 11.4. The van der Waals surface area contributed by atoms with E-state index in [1.165, 1.54) is 4.88 Å². The summed E-state index contributed by atoms with van der Waals surface area (Å²) in [6.45, 7) is 6.07. The van der Waals surface area contributed by atoms with E-state index >= 15 is 0 Å². The van der Waals surface area contributed by atoms with Crippen molar-refractivity contribution in [2.45, 2.75) is 26.4 Å². The van der Waals surface area contributed by atoms with Crippen molar-refractivity contribution in [2.24, 2.45) is 0 Å². The first kappa shape index (κ1) is 11.4. The van der Waals surface area contributed by atoms with Crippen molar-refractivity contribution in [2.75, 3.05) is 6.54 Å². The van der Waals surface area contributed by atoms with Crippen LogP contribution in [0.3, 0.4) is 0 Å². The standard InChI is InChI=1S/C12H17N3S/c1-10-5-7-15(14-10)8-6-13-11(2)12-4-3-9-16-12/h3-5,7,9,11,13H,6,8H2,1-2H3. The average molecular weight is 235 g/mol. The van der Waals surface area contributed by atoms with Crippen LogP contribution in [0.1, 0.15) is 23.5 Å². The molecule has 2 aromatic rings. The third-order valence-electron chi connectivity index (χ3n) is 2.54. The predicted molar refractivity (Wildman–Crippen MR) is 67.7 cm³/mol. The molecule has 0 fully saturated rings. The Bertz CT molecular complexity index is 419. The van der Waals surface area contributed by atoms with Crippen LogP contribution in [-0.4, -0.2) is 16.3 Å². The van der Waals surface area contributed by atoms with Crippen molar-refractivity contribution in [3.63, 3.8) is 0 Å². The van der Waals surface area contributed by atoms with E-state index in [9.17, 15) is 0 Å². The highest BCUT2D eigenvalue weighted by Crippen LogP contribution is 2.17. The van der Waals surface area contributed by atoms with Gasteiger partial charge in [0.25, 0.3) is 0 Å². The van der Waals surface area contributed by atoms with E-state index in [4.69, 9.17) is 0 Å². The maximum absolute atomic E-state index is 4.35. The highest BCUT2D eigenvalue weighted by atomic mass is 32.1. The van der Waals surface area contributed by atoms with Gasteiger partial charge >= 0.3 is 0 Å². The van der Waals surface area contributed by atoms with E-state index in [1.807, 2.05) is 23.9 Å². The molecule has 3 nitrogen and oxygen atoms in total. The smallest absolute Gasteiger partial charge is 0.0593 e. The van der Waals surface area contributed by atoms with Crippen molar-refractivity contribution in [3.05, 3.63) is 40.3 Å². The minimum Gasteiger partial charge on any atom is -0.308 e. The summed E-state index contributed by atoms with van der Waals surface area (Å²) in [7, 11) is 0. The zero-order valence-corrected chi connectivity index (χ0v) is 10.5. The zero-order valence-electron chi connectivity index (χ0n) is 9.68. The molecule has 86 valence electrons. The van der Waals surface area contributed by atoms with Crippen molar-refractivity contribution < 1.29 is 0 Å². The average Bonchev–Trinajstić information content (AvgIpc) is 2.89. The van der Waals surface area contributed by atoms with E-state index in [-0.39, 0.29) is 0 Å². The molecule has 0 radical (unpaired) electrons. The molecule has 2 rings (SSSR count). The second kappa shape index (κ2) is 5.27. The summed E-state index contributed by atoms with van der Waals surface area (Å²) < 4.78 is 1.98. The maximum Gasteiger partial charge on any atom is 0.0593 e. The molecular weight excluding hydrogens is 218 g/mol. The molecule has 0 spiro atoms. The number of hydrogen-bond donors (Lipinski definition) is 1. The molecule has 1 atom stereocenters. The summed E-state index contributed by atoms with van der Waals surface area (Å²) in [5.41, 5.74) is 1.08. The van der Waals surface area contributed by atoms with Crippen LogP contribution in [0.2, 0.25) is 0 Å². The van der Waals surface area contributed by atoms with E-state index in [0.29, 0.717) is 6.04 Å². The highest BCUT2D eigenvalue weighted by molar-refractivity contribution is 7.10. The molecule has 1 N–H and O–H groups in total. The second-order valence-corrected chi connectivity index (χ2v) is 4.89. The first-order chi connectivity index (χ1) is 7.75. The molecule has 0 aliphatic heterocycles. The van der Waals surface area contributed by atoms with E-state index in [2.05, 4.69) is 34.9 Å². The number of thiophene rings is 1. The first-order valence-corrected chi connectivity index (χ1v) is 6.40. The fraction of sp³-hybridized carbons (Fsp3) is 0.417. The molecule has 0 aliphatic rings. The first-order valence-electron chi connectivity index (χ1n) is 5.52. The Morgan fingerprint density at radius 2 is 2.38 bits per heavy atom. The van der Waals surface area contributed by atoms with Crippen LogP contribution in [-0.2, 0) is 6.54 Å². The minimum absolute atomic E-state index is 0.427. The normalized spacial score (nSPS) is 12.9. The molecule has 2 aromatic heterocycles. The van der Waals surface area contributed by atoms with Gasteiger partial charge in [0, 0.05) is 23.7 Å². The summed E-state index contributed by atoms with van der Waals surface area (Å²) >= 11 is 1.80. The predicted octanol–water partition coefficient (Wildman–Crippen LogP) is 2.60. The van der Waals surface area contributed by atoms with Gasteiger partial charge < -0.3 is 5.32 Å². The molecule has 2 heterocycles. The van der Waals surface area contributed by atoms with Crippen LogP contribution < -0.4 is 5.32 Å². The number of hydrogen-bond acceptors (Lipinski definition) is 3. The molecule has 16 heavy (non-hydrogen) atoms. The van der Waals surface area contributed by atoms with Gasteiger partial charge in [-0.3, -0.25) is 4.68 Å². The maximum atomic E-state index is 4.35. The van der Waals surface area contributed by atoms with Gasteiger partial charge in [0.2, 0.25) is 0 Å². The lowest BCUT2D eigenvalue weighted by Gasteiger charge is -2.11. The number of aromatic nitrogens is 2. The lowest BCUT2D eigenvalue weighted by molar-refractivity contribution is 0.510. The van der Waals surface area contributed by atoms with E-state index in [1.54, 1.807) is 11.3 Å². The van der Waals surface area contributed by atoms with Gasteiger partial charge in [0.15, 0.2) is 0 Å². The molecule has 0 aliphatic carbocycles. The Labute approximate surface area is 100 Å². The van der Waals surface area contributed by atoms with Gasteiger partial charge in [-0.25, -0.2) is 0 Å². The summed E-state index contributed by atoms with van der Waals surface area (Å²) in [6.07, 6.45) is 2.02.